The normalized spacial score (nSPS) is 16.5. The van der Waals surface area contributed by atoms with Crippen LogP contribution in [0.1, 0.15) is 6.92 Å². The summed E-state index contributed by atoms with van der Waals surface area (Å²) in [5.74, 6) is 0.134. The van der Waals surface area contributed by atoms with Gasteiger partial charge in [-0.2, -0.15) is 0 Å². The summed E-state index contributed by atoms with van der Waals surface area (Å²) in [7, 11) is 0. The molecule has 108 valence electrons. The van der Waals surface area contributed by atoms with E-state index in [1.54, 1.807) is 6.92 Å². The fourth-order valence-electron chi connectivity index (χ4n) is 2.82. The molecule has 2 N–H and O–H groups in total. The highest BCUT2D eigenvalue weighted by Gasteiger charge is 2.35. The SMILES string of the molecule is [C-]#[N+]C1=C(N)O[B-](c2ccccc2)(c2ccccc2)N=C1C. The van der Waals surface area contributed by atoms with Gasteiger partial charge in [0.15, 0.2) is 0 Å². The molecule has 0 amide bonds. The number of nitrogens with two attached hydrogens (primary N) is 1. The van der Waals surface area contributed by atoms with Crippen molar-refractivity contribution >= 4 is 23.1 Å². The zero-order valence-electron chi connectivity index (χ0n) is 12.2. The van der Waals surface area contributed by atoms with E-state index in [0.717, 1.165) is 10.9 Å². The lowest BCUT2D eigenvalue weighted by Crippen LogP contribution is -2.61. The molecule has 0 atom stereocenters. The van der Waals surface area contributed by atoms with Gasteiger partial charge >= 0.3 is 6.48 Å². The van der Waals surface area contributed by atoms with Crippen molar-refractivity contribution in [2.75, 3.05) is 0 Å². The maximum Gasteiger partial charge on any atom is 0.334 e. The Bertz CT molecular complexity index is 752. The third-order valence-electron chi connectivity index (χ3n) is 3.86. The van der Waals surface area contributed by atoms with Crippen LogP contribution < -0.4 is 16.7 Å². The van der Waals surface area contributed by atoms with Gasteiger partial charge in [-0.25, -0.2) is 4.85 Å². The first-order valence-corrected chi connectivity index (χ1v) is 7.06. The highest BCUT2D eigenvalue weighted by molar-refractivity contribution is 6.97. The minimum absolute atomic E-state index is 0.134. The molecular formula is C17H15BN3O-. The molecule has 22 heavy (non-hydrogen) atoms. The van der Waals surface area contributed by atoms with Crippen molar-refractivity contribution in [3.05, 3.63) is 83.7 Å². The van der Waals surface area contributed by atoms with E-state index in [-0.39, 0.29) is 11.6 Å². The molecule has 1 heterocycles. The first-order valence-electron chi connectivity index (χ1n) is 7.06. The van der Waals surface area contributed by atoms with Gasteiger partial charge in [0, 0.05) is 0 Å². The van der Waals surface area contributed by atoms with Crippen molar-refractivity contribution in [1.29, 1.82) is 0 Å². The minimum atomic E-state index is -1.86. The Kier molecular flexibility index (Phi) is 3.44. The molecule has 4 nitrogen and oxygen atoms in total. The van der Waals surface area contributed by atoms with Crippen LogP contribution >= 0.6 is 0 Å². The lowest BCUT2D eigenvalue weighted by Gasteiger charge is -2.43. The third-order valence-corrected chi connectivity index (χ3v) is 3.86. The minimum Gasteiger partial charge on any atom is -0.685 e. The molecule has 0 aliphatic carbocycles. The van der Waals surface area contributed by atoms with Gasteiger partial charge in [0.1, 0.15) is 5.88 Å². The maximum absolute atomic E-state index is 7.23. The van der Waals surface area contributed by atoms with Crippen LogP contribution in [0.4, 0.5) is 0 Å². The highest BCUT2D eigenvalue weighted by atomic mass is 16.5. The Labute approximate surface area is 129 Å². The van der Waals surface area contributed by atoms with Crippen LogP contribution in [0.5, 0.6) is 0 Å². The molecule has 2 aromatic rings. The molecule has 0 fully saturated rings. The lowest BCUT2D eigenvalue weighted by molar-refractivity contribution is 0.416. The van der Waals surface area contributed by atoms with Gasteiger partial charge in [-0.1, -0.05) is 60.7 Å². The number of benzene rings is 2. The Morgan fingerprint density at radius 3 is 1.91 bits per heavy atom. The molecule has 1 aliphatic heterocycles. The van der Waals surface area contributed by atoms with Gasteiger partial charge in [-0.05, 0) is 12.6 Å². The largest absolute Gasteiger partial charge is 0.685 e. The Balaban J connectivity index is 2.25. The second-order valence-electron chi connectivity index (χ2n) is 5.22. The average Bonchev–Trinajstić information content (AvgIpc) is 2.56. The predicted octanol–water partition coefficient (Wildman–Crippen LogP) is 1.78. The standard InChI is InChI=1S/C17H15BN3O/c1-13-16(20-2)17(19)22-18(21-13,14-9-5-3-6-10-14)15-11-7-4-8-12-15/h3-12H,19H2,1H3/q-1. The summed E-state index contributed by atoms with van der Waals surface area (Å²) in [6.45, 7) is 7.16. The van der Waals surface area contributed by atoms with E-state index in [2.05, 4.69) is 4.85 Å². The van der Waals surface area contributed by atoms with E-state index >= 15 is 0 Å². The summed E-state index contributed by atoms with van der Waals surface area (Å²) in [6, 6.07) is 19.6. The van der Waals surface area contributed by atoms with Gasteiger partial charge in [0.05, 0.1) is 6.57 Å². The smallest absolute Gasteiger partial charge is 0.334 e. The van der Waals surface area contributed by atoms with Crippen LogP contribution in [0, 0.1) is 6.57 Å². The molecule has 0 bridgehead atoms. The van der Waals surface area contributed by atoms with E-state index in [9.17, 15) is 0 Å². The third kappa shape index (κ3) is 2.15. The van der Waals surface area contributed by atoms with Gasteiger partial charge in [0.2, 0.25) is 0 Å². The van der Waals surface area contributed by atoms with Gasteiger partial charge < -0.3 is 15.3 Å². The van der Waals surface area contributed by atoms with Crippen LogP contribution in [-0.2, 0) is 4.65 Å². The van der Waals surface area contributed by atoms with E-state index in [1.165, 1.54) is 0 Å². The predicted molar refractivity (Wildman–Crippen MR) is 89.9 cm³/mol. The summed E-state index contributed by atoms with van der Waals surface area (Å²) >= 11 is 0. The molecule has 3 rings (SSSR count). The average molecular weight is 288 g/mol. The van der Waals surface area contributed by atoms with Crippen LogP contribution in [-0.4, -0.2) is 12.2 Å². The summed E-state index contributed by atoms with van der Waals surface area (Å²) in [4.78, 5) is 8.18. The summed E-state index contributed by atoms with van der Waals surface area (Å²) in [5.41, 5.74) is 8.75. The lowest BCUT2D eigenvalue weighted by atomic mass is 9.42. The van der Waals surface area contributed by atoms with E-state index in [0.29, 0.717) is 5.71 Å². The molecule has 5 heteroatoms. The van der Waals surface area contributed by atoms with Crippen molar-refractivity contribution in [1.82, 2.24) is 0 Å². The second kappa shape index (κ2) is 5.42. The summed E-state index contributed by atoms with van der Waals surface area (Å²) in [5, 5.41) is 0. The molecule has 0 radical (unpaired) electrons. The molecule has 2 aromatic carbocycles. The highest BCUT2D eigenvalue weighted by Crippen LogP contribution is 2.21. The molecule has 0 saturated carbocycles. The van der Waals surface area contributed by atoms with Crippen molar-refractivity contribution in [2.24, 2.45) is 10.6 Å². The number of hydrogen-bond donors (Lipinski definition) is 1. The van der Waals surface area contributed by atoms with Crippen molar-refractivity contribution < 1.29 is 4.65 Å². The van der Waals surface area contributed by atoms with Crippen molar-refractivity contribution in [3.63, 3.8) is 0 Å². The van der Waals surface area contributed by atoms with Gasteiger partial charge in [-0.3, -0.25) is 0 Å². The number of rotatable bonds is 2. The Morgan fingerprint density at radius 2 is 1.50 bits per heavy atom. The molecule has 0 unspecified atom stereocenters. The van der Waals surface area contributed by atoms with E-state index in [1.807, 2.05) is 60.7 Å². The van der Waals surface area contributed by atoms with E-state index < -0.39 is 6.48 Å². The number of nitrogens with zero attached hydrogens (tertiary/aromatic N) is 2. The number of hydrogen-bond acceptors (Lipinski definition) is 3. The van der Waals surface area contributed by atoms with Crippen LogP contribution in [0.2, 0.25) is 0 Å². The molecule has 0 saturated heterocycles. The van der Waals surface area contributed by atoms with Crippen molar-refractivity contribution in [3.8, 4) is 0 Å². The molecule has 0 aromatic heterocycles. The fourth-order valence-corrected chi connectivity index (χ4v) is 2.82. The molecule has 1 aliphatic rings. The fraction of sp³-hybridized carbons (Fsp3) is 0.0588. The summed E-state index contributed by atoms with van der Waals surface area (Å²) < 4.78 is 6.04. The topological polar surface area (TPSA) is 52.0 Å². The first-order chi connectivity index (χ1) is 10.7. The Morgan fingerprint density at radius 1 is 1.00 bits per heavy atom. The molecular weight excluding hydrogens is 273 g/mol. The van der Waals surface area contributed by atoms with Crippen LogP contribution in [0.3, 0.4) is 0 Å². The second-order valence-corrected chi connectivity index (χ2v) is 5.22. The summed E-state index contributed by atoms with van der Waals surface area (Å²) in [6.07, 6.45) is 0. The quantitative estimate of drug-likeness (QED) is 0.676. The maximum atomic E-state index is 7.23. The zero-order chi connectivity index (χ0) is 15.6. The monoisotopic (exact) mass is 288 g/mol. The van der Waals surface area contributed by atoms with Crippen molar-refractivity contribution in [2.45, 2.75) is 6.92 Å². The molecule has 0 spiro atoms. The van der Waals surface area contributed by atoms with Crippen LogP contribution in [0.25, 0.3) is 4.85 Å². The van der Waals surface area contributed by atoms with Crippen LogP contribution in [0.15, 0.2) is 77.1 Å². The number of allylic oxidation sites excluding steroid dienone is 1. The zero-order valence-corrected chi connectivity index (χ0v) is 12.2. The Hall–Kier alpha value is -3.00. The van der Waals surface area contributed by atoms with Gasteiger partial charge in [0.25, 0.3) is 5.70 Å². The van der Waals surface area contributed by atoms with Gasteiger partial charge in [-0.15, -0.1) is 10.9 Å². The van der Waals surface area contributed by atoms with E-state index in [4.69, 9.17) is 21.9 Å². The first kappa shape index (κ1) is 14.0.